The van der Waals surface area contributed by atoms with Gasteiger partial charge in [-0.05, 0) is 88.2 Å². The van der Waals surface area contributed by atoms with Crippen LogP contribution in [0.15, 0.2) is 132 Å². The van der Waals surface area contributed by atoms with Gasteiger partial charge in [-0.25, -0.2) is 0 Å². The minimum Gasteiger partial charge on any atom is -0.0616 e. The van der Waals surface area contributed by atoms with Gasteiger partial charge in [-0.15, -0.1) is 0 Å². The van der Waals surface area contributed by atoms with Gasteiger partial charge in [0, 0.05) is 4.47 Å². The van der Waals surface area contributed by atoms with Crippen LogP contribution in [0.3, 0.4) is 0 Å². The minimum atomic E-state index is 1.13. The average molecular weight is 533 g/mol. The molecule has 0 N–H and O–H groups in total. The summed E-state index contributed by atoms with van der Waals surface area (Å²) in [5, 5.41) is 12.9. The zero-order chi connectivity index (χ0) is 24.5. The van der Waals surface area contributed by atoms with E-state index in [-0.39, 0.29) is 0 Å². The molecule has 0 radical (unpaired) electrons. The van der Waals surface area contributed by atoms with Crippen LogP contribution in [-0.4, -0.2) is 0 Å². The monoisotopic (exact) mass is 532 g/mol. The molecule has 8 rings (SSSR count). The highest BCUT2D eigenvalue weighted by Gasteiger charge is 2.17. The van der Waals surface area contributed by atoms with Crippen molar-refractivity contribution in [2.75, 3.05) is 0 Å². The summed E-state index contributed by atoms with van der Waals surface area (Å²) in [5.74, 6) is 0. The molecule has 8 aromatic carbocycles. The van der Waals surface area contributed by atoms with Gasteiger partial charge >= 0.3 is 0 Å². The van der Waals surface area contributed by atoms with Crippen molar-refractivity contribution >= 4 is 69.8 Å². The lowest BCUT2D eigenvalue weighted by molar-refractivity contribution is 1.67. The van der Waals surface area contributed by atoms with Gasteiger partial charge < -0.3 is 0 Å². The first kappa shape index (κ1) is 20.9. The predicted octanol–water partition coefficient (Wildman–Crippen LogP) is 11.0. The highest BCUT2D eigenvalue weighted by molar-refractivity contribution is 9.10. The van der Waals surface area contributed by atoms with Crippen LogP contribution in [-0.2, 0) is 0 Å². The Morgan fingerprint density at radius 3 is 1.92 bits per heavy atom. The molecule has 172 valence electrons. The molecule has 0 aliphatic rings. The van der Waals surface area contributed by atoms with Crippen molar-refractivity contribution < 1.29 is 0 Å². The number of hydrogen-bond donors (Lipinski definition) is 0. The van der Waals surface area contributed by atoms with Crippen molar-refractivity contribution in [3.8, 4) is 22.3 Å². The maximum Gasteiger partial charge on any atom is 0.0260 e. The Morgan fingerprint density at radius 1 is 0.351 bits per heavy atom. The van der Waals surface area contributed by atoms with Crippen LogP contribution in [0.1, 0.15) is 0 Å². The molecule has 8 aromatic rings. The molecule has 0 fully saturated rings. The van der Waals surface area contributed by atoms with Crippen LogP contribution in [0.5, 0.6) is 0 Å². The Hall–Kier alpha value is -4.20. The van der Waals surface area contributed by atoms with E-state index >= 15 is 0 Å². The standard InChI is InChI=1S/C36H21Br/c37-34-21-33(26-13-12-22-6-1-2-8-25(22)20-26)31-17-15-24-14-16-29(30-18-19-32(34)36(31)35(24)30)28-11-5-9-23-7-3-4-10-27(23)28/h1-21H. The Labute approximate surface area is 223 Å². The van der Waals surface area contributed by atoms with E-state index in [4.69, 9.17) is 0 Å². The van der Waals surface area contributed by atoms with E-state index in [1.165, 1.54) is 76.1 Å². The summed E-state index contributed by atoms with van der Waals surface area (Å²) >= 11 is 3.94. The molecule has 1 heteroatoms. The Kier molecular flexibility index (Phi) is 4.47. The van der Waals surface area contributed by atoms with Crippen LogP contribution in [0.2, 0.25) is 0 Å². The molecule has 0 bridgehead atoms. The second kappa shape index (κ2) is 7.90. The molecule has 0 heterocycles. The Balaban J connectivity index is 1.48. The number of fused-ring (bicyclic) bond motifs is 2. The van der Waals surface area contributed by atoms with Crippen molar-refractivity contribution in [1.82, 2.24) is 0 Å². The lowest BCUT2D eigenvalue weighted by Crippen LogP contribution is -1.91. The van der Waals surface area contributed by atoms with Gasteiger partial charge in [0.2, 0.25) is 0 Å². The van der Waals surface area contributed by atoms with E-state index in [1.54, 1.807) is 0 Å². The highest BCUT2D eigenvalue weighted by Crippen LogP contribution is 2.45. The zero-order valence-corrected chi connectivity index (χ0v) is 21.6. The van der Waals surface area contributed by atoms with Crippen LogP contribution in [0.4, 0.5) is 0 Å². The summed E-state index contributed by atoms with van der Waals surface area (Å²) < 4.78 is 1.13. The minimum absolute atomic E-state index is 1.13. The first-order valence-electron chi connectivity index (χ1n) is 12.6. The number of benzene rings is 8. The molecule has 0 atom stereocenters. The van der Waals surface area contributed by atoms with Crippen molar-refractivity contribution in [2.45, 2.75) is 0 Å². The van der Waals surface area contributed by atoms with E-state index in [0.29, 0.717) is 0 Å². The molecule has 0 aromatic heterocycles. The van der Waals surface area contributed by atoms with Crippen molar-refractivity contribution in [3.63, 3.8) is 0 Å². The molecular formula is C36H21Br. The SMILES string of the molecule is Brc1cc(-c2ccc3ccccc3c2)c2ccc3ccc(-c4cccc5ccccc45)c4ccc1c2c34. The van der Waals surface area contributed by atoms with Crippen molar-refractivity contribution in [2.24, 2.45) is 0 Å². The maximum absolute atomic E-state index is 3.94. The summed E-state index contributed by atoms with van der Waals surface area (Å²) in [6, 6.07) is 46.7. The summed E-state index contributed by atoms with van der Waals surface area (Å²) in [6.07, 6.45) is 0. The maximum atomic E-state index is 3.94. The van der Waals surface area contributed by atoms with Gasteiger partial charge in [-0.3, -0.25) is 0 Å². The summed E-state index contributed by atoms with van der Waals surface area (Å²) in [5.41, 5.74) is 5.07. The highest BCUT2D eigenvalue weighted by atomic mass is 79.9. The van der Waals surface area contributed by atoms with Crippen LogP contribution in [0, 0.1) is 0 Å². The fourth-order valence-corrected chi connectivity index (χ4v) is 6.70. The second-order valence-corrected chi connectivity index (χ2v) is 10.7. The first-order valence-corrected chi connectivity index (χ1v) is 13.4. The fraction of sp³-hybridized carbons (Fsp3) is 0. The molecule has 0 nitrogen and oxygen atoms in total. The lowest BCUT2D eigenvalue weighted by Gasteiger charge is -2.18. The Bertz CT molecular complexity index is 2150. The average Bonchev–Trinajstić information content (AvgIpc) is 2.96. The third-order valence-electron chi connectivity index (χ3n) is 7.87. The predicted molar refractivity (Wildman–Crippen MR) is 164 cm³/mol. The van der Waals surface area contributed by atoms with E-state index < -0.39 is 0 Å². The van der Waals surface area contributed by atoms with E-state index in [9.17, 15) is 0 Å². The molecule has 0 spiro atoms. The van der Waals surface area contributed by atoms with Crippen LogP contribution >= 0.6 is 15.9 Å². The summed E-state index contributed by atoms with van der Waals surface area (Å²) in [6.45, 7) is 0. The van der Waals surface area contributed by atoms with E-state index in [2.05, 4.69) is 143 Å². The number of halogens is 1. The summed E-state index contributed by atoms with van der Waals surface area (Å²) in [7, 11) is 0. The molecule has 0 aliphatic carbocycles. The van der Waals surface area contributed by atoms with E-state index in [1.807, 2.05) is 0 Å². The first-order chi connectivity index (χ1) is 18.3. The lowest BCUT2D eigenvalue weighted by atomic mass is 9.86. The molecule has 0 unspecified atom stereocenters. The molecule has 0 amide bonds. The van der Waals surface area contributed by atoms with Crippen molar-refractivity contribution in [1.29, 1.82) is 0 Å². The molecule has 0 saturated carbocycles. The second-order valence-electron chi connectivity index (χ2n) is 9.85. The quantitative estimate of drug-likeness (QED) is 0.194. The zero-order valence-electron chi connectivity index (χ0n) is 20.0. The van der Waals surface area contributed by atoms with Crippen LogP contribution < -0.4 is 0 Å². The van der Waals surface area contributed by atoms with Gasteiger partial charge in [0.05, 0.1) is 0 Å². The smallest absolute Gasteiger partial charge is 0.0260 e. The normalized spacial score (nSPS) is 11.9. The van der Waals surface area contributed by atoms with Crippen molar-refractivity contribution in [3.05, 3.63) is 132 Å². The largest absolute Gasteiger partial charge is 0.0616 e. The fourth-order valence-electron chi connectivity index (χ4n) is 6.14. The van der Waals surface area contributed by atoms with Gasteiger partial charge in [0.25, 0.3) is 0 Å². The molecule has 0 saturated heterocycles. The third kappa shape index (κ3) is 3.08. The van der Waals surface area contributed by atoms with Crippen LogP contribution in [0.25, 0.3) is 76.1 Å². The topological polar surface area (TPSA) is 0 Å². The third-order valence-corrected chi connectivity index (χ3v) is 8.53. The number of rotatable bonds is 2. The number of hydrogen-bond acceptors (Lipinski definition) is 0. The molecule has 0 aliphatic heterocycles. The van der Waals surface area contributed by atoms with E-state index in [0.717, 1.165) is 4.47 Å². The van der Waals surface area contributed by atoms with Gasteiger partial charge in [-0.2, -0.15) is 0 Å². The van der Waals surface area contributed by atoms with Gasteiger partial charge in [-0.1, -0.05) is 131 Å². The molecular weight excluding hydrogens is 512 g/mol. The van der Waals surface area contributed by atoms with Gasteiger partial charge in [0.1, 0.15) is 0 Å². The summed E-state index contributed by atoms with van der Waals surface area (Å²) in [4.78, 5) is 0. The van der Waals surface area contributed by atoms with Gasteiger partial charge in [0.15, 0.2) is 0 Å². The molecule has 37 heavy (non-hydrogen) atoms. The Morgan fingerprint density at radius 2 is 1.00 bits per heavy atom.